The SMILES string of the molecule is c1ccc(CNC2CCNC2)nc1. The first-order chi connectivity index (χ1) is 6.45. The lowest BCUT2D eigenvalue weighted by Crippen LogP contribution is -2.30. The molecule has 2 heterocycles. The summed E-state index contributed by atoms with van der Waals surface area (Å²) in [7, 11) is 0. The van der Waals surface area contributed by atoms with Crippen LogP contribution in [0.4, 0.5) is 0 Å². The molecule has 0 radical (unpaired) electrons. The molecule has 1 aromatic heterocycles. The van der Waals surface area contributed by atoms with E-state index in [1.54, 1.807) is 0 Å². The summed E-state index contributed by atoms with van der Waals surface area (Å²) in [4.78, 5) is 4.26. The second-order valence-electron chi connectivity index (χ2n) is 3.39. The molecule has 1 unspecified atom stereocenters. The Kier molecular flexibility index (Phi) is 2.90. The van der Waals surface area contributed by atoms with Crippen LogP contribution in [0, 0.1) is 0 Å². The zero-order valence-corrected chi connectivity index (χ0v) is 7.66. The molecule has 3 heteroatoms. The summed E-state index contributed by atoms with van der Waals surface area (Å²) >= 11 is 0. The first kappa shape index (κ1) is 8.66. The van der Waals surface area contributed by atoms with E-state index in [0.717, 1.165) is 25.3 Å². The van der Waals surface area contributed by atoms with Crippen molar-refractivity contribution in [2.45, 2.75) is 19.0 Å². The van der Waals surface area contributed by atoms with Crippen molar-refractivity contribution in [3.63, 3.8) is 0 Å². The summed E-state index contributed by atoms with van der Waals surface area (Å²) in [6.45, 7) is 3.11. The van der Waals surface area contributed by atoms with Gasteiger partial charge >= 0.3 is 0 Å². The van der Waals surface area contributed by atoms with Crippen molar-refractivity contribution in [3.8, 4) is 0 Å². The Balaban J connectivity index is 1.79. The van der Waals surface area contributed by atoms with Gasteiger partial charge in [0.15, 0.2) is 0 Å². The van der Waals surface area contributed by atoms with Crippen LogP contribution in [-0.4, -0.2) is 24.1 Å². The van der Waals surface area contributed by atoms with Crippen LogP contribution in [0.5, 0.6) is 0 Å². The fourth-order valence-electron chi connectivity index (χ4n) is 1.58. The minimum Gasteiger partial charge on any atom is -0.315 e. The Morgan fingerprint density at radius 1 is 1.54 bits per heavy atom. The van der Waals surface area contributed by atoms with Gasteiger partial charge in [0.2, 0.25) is 0 Å². The minimum absolute atomic E-state index is 0.627. The molecule has 0 saturated carbocycles. The number of hydrogen-bond donors (Lipinski definition) is 2. The Morgan fingerprint density at radius 3 is 3.23 bits per heavy atom. The number of aromatic nitrogens is 1. The number of hydrogen-bond acceptors (Lipinski definition) is 3. The number of pyridine rings is 1. The van der Waals surface area contributed by atoms with Gasteiger partial charge in [0, 0.05) is 25.3 Å². The molecule has 1 aliphatic rings. The third kappa shape index (κ3) is 2.50. The van der Waals surface area contributed by atoms with Gasteiger partial charge in [0.25, 0.3) is 0 Å². The van der Waals surface area contributed by atoms with Crippen molar-refractivity contribution < 1.29 is 0 Å². The highest BCUT2D eigenvalue weighted by molar-refractivity contribution is 5.03. The lowest BCUT2D eigenvalue weighted by atomic mass is 10.2. The van der Waals surface area contributed by atoms with Crippen molar-refractivity contribution in [1.82, 2.24) is 15.6 Å². The average Bonchev–Trinajstić information content (AvgIpc) is 2.69. The quantitative estimate of drug-likeness (QED) is 0.707. The summed E-state index contributed by atoms with van der Waals surface area (Å²) in [5.41, 5.74) is 1.12. The predicted octanol–water partition coefficient (Wildman–Crippen LogP) is 0.533. The molecule has 0 spiro atoms. The molecule has 2 N–H and O–H groups in total. The number of nitrogens with zero attached hydrogens (tertiary/aromatic N) is 1. The summed E-state index contributed by atoms with van der Waals surface area (Å²) < 4.78 is 0. The zero-order chi connectivity index (χ0) is 8.93. The van der Waals surface area contributed by atoms with E-state index in [-0.39, 0.29) is 0 Å². The Hall–Kier alpha value is -0.930. The molecule has 1 aliphatic heterocycles. The van der Waals surface area contributed by atoms with Gasteiger partial charge in [-0.05, 0) is 25.1 Å². The van der Waals surface area contributed by atoms with Crippen LogP contribution in [0.2, 0.25) is 0 Å². The van der Waals surface area contributed by atoms with Gasteiger partial charge < -0.3 is 10.6 Å². The molecule has 13 heavy (non-hydrogen) atoms. The van der Waals surface area contributed by atoms with Crippen molar-refractivity contribution in [2.24, 2.45) is 0 Å². The Bertz CT molecular complexity index is 242. The molecule has 0 aromatic carbocycles. The van der Waals surface area contributed by atoms with E-state index in [0.29, 0.717) is 6.04 Å². The van der Waals surface area contributed by atoms with Gasteiger partial charge in [-0.25, -0.2) is 0 Å². The van der Waals surface area contributed by atoms with Crippen LogP contribution in [0.3, 0.4) is 0 Å². The molecule has 1 aromatic rings. The van der Waals surface area contributed by atoms with E-state index < -0.39 is 0 Å². The Morgan fingerprint density at radius 2 is 2.54 bits per heavy atom. The molecule has 1 atom stereocenters. The van der Waals surface area contributed by atoms with Crippen molar-refractivity contribution in [3.05, 3.63) is 30.1 Å². The second kappa shape index (κ2) is 4.35. The van der Waals surface area contributed by atoms with Gasteiger partial charge in [-0.15, -0.1) is 0 Å². The molecule has 1 saturated heterocycles. The highest BCUT2D eigenvalue weighted by Crippen LogP contribution is 1.99. The first-order valence-electron chi connectivity index (χ1n) is 4.79. The summed E-state index contributed by atoms with van der Waals surface area (Å²) in [5.74, 6) is 0. The fourth-order valence-corrected chi connectivity index (χ4v) is 1.58. The molecule has 0 aliphatic carbocycles. The van der Waals surface area contributed by atoms with Crippen LogP contribution >= 0.6 is 0 Å². The highest BCUT2D eigenvalue weighted by atomic mass is 15.0. The Labute approximate surface area is 78.6 Å². The molecule has 0 amide bonds. The van der Waals surface area contributed by atoms with Gasteiger partial charge in [-0.2, -0.15) is 0 Å². The topological polar surface area (TPSA) is 37.0 Å². The fraction of sp³-hybridized carbons (Fsp3) is 0.500. The lowest BCUT2D eigenvalue weighted by molar-refractivity contribution is 0.542. The zero-order valence-electron chi connectivity index (χ0n) is 7.66. The van der Waals surface area contributed by atoms with E-state index in [4.69, 9.17) is 0 Å². The van der Waals surface area contributed by atoms with Crippen LogP contribution in [0.25, 0.3) is 0 Å². The van der Waals surface area contributed by atoms with E-state index in [1.807, 2.05) is 18.3 Å². The summed E-state index contributed by atoms with van der Waals surface area (Å²) in [6, 6.07) is 6.65. The van der Waals surface area contributed by atoms with Crippen molar-refractivity contribution in [2.75, 3.05) is 13.1 Å². The normalized spacial score (nSPS) is 22.0. The highest BCUT2D eigenvalue weighted by Gasteiger charge is 2.12. The summed E-state index contributed by atoms with van der Waals surface area (Å²) in [5, 5.41) is 6.80. The second-order valence-corrected chi connectivity index (χ2v) is 3.39. The molecular formula is C10H15N3. The monoisotopic (exact) mass is 177 g/mol. The summed E-state index contributed by atoms with van der Waals surface area (Å²) in [6.07, 6.45) is 3.07. The van der Waals surface area contributed by atoms with E-state index >= 15 is 0 Å². The maximum atomic E-state index is 4.26. The number of rotatable bonds is 3. The lowest BCUT2D eigenvalue weighted by Gasteiger charge is -2.09. The maximum Gasteiger partial charge on any atom is 0.0541 e. The smallest absolute Gasteiger partial charge is 0.0541 e. The van der Waals surface area contributed by atoms with Crippen LogP contribution in [0.15, 0.2) is 24.4 Å². The maximum absolute atomic E-state index is 4.26. The van der Waals surface area contributed by atoms with E-state index in [1.165, 1.54) is 6.42 Å². The minimum atomic E-state index is 0.627. The first-order valence-corrected chi connectivity index (χ1v) is 4.79. The van der Waals surface area contributed by atoms with Crippen molar-refractivity contribution >= 4 is 0 Å². The third-order valence-electron chi connectivity index (χ3n) is 2.36. The van der Waals surface area contributed by atoms with E-state index in [2.05, 4.69) is 21.7 Å². The third-order valence-corrected chi connectivity index (χ3v) is 2.36. The molecule has 2 rings (SSSR count). The van der Waals surface area contributed by atoms with Gasteiger partial charge in [-0.3, -0.25) is 4.98 Å². The molecule has 0 bridgehead atoms. The van der Waals surface area contributed by atoms with Gasteiger partial charge in [0.05, 0.1) is 5.69 Å². The molecule has 1 fully saturated rings. The average molecular weight is 177 g/mol. The largest absolute Gasteiger partial charge is 0.315 e. The standard InChI is InChI=1S/C10H15N3/c1-2-5-12-9(3-1)8-13-10-4-6-11-7-10/h1-3,5,10-11,13H,4,6-8H2. The van der Waals surface area contributed by atoms with Gasteiger partial charge in [-0.1, -0.05) is 6.07 Å². The molecular weight excluding hydrogens is 162 g/mol. The van der Waals surface area contributed by atoms with Crippen molar-refractivity contribution in [1.29, 1.82) is 0 Å². The molecule has 3 nitrogen and oxygen atoms in total. The molecule has 70 valence electrons. The van der Waals surface area contributed by atoms with E-state index in [9.17, 15) is 0 Å². The number of nitrogens with one attached hydrogen (secondary N) is 2. The van der Waals surface area contributed by atoms with Crippen LogP contribution in [-0.2, 0) is 6.54 Å². The predicted molar refractivity (Wildman–Crippen MR) is 52.4 cm³/mol. The van der Waals surface area contributed by atoms with Crippen LogP contribution in [0.1, 0.15) is 12.1 Å². The van der Waals surface area contributed by atoms with Crippen LogP contribution < -0.4 is 10.6 Å². The van der Waals surface area contributed by atoms with Gasteiger partial charge in [0.1, 0.15) is 0 Å².